The Labute approximate surface area is 252 Å². The highest BCUT2D eigenvalue weighted by atomic mass is 35.5. The Morgan fingerprint density at radius 1 is 0.837 bits per heavy atom. The van der Waals surface area contributed by atoms with Crippen molar-refractivity contribution in [2.75, 3.05) is 18.1 Å². The Morgan fingerprint density at radius 3 is 2.23 bits per heavy atom. The SMILES string of the molecule is CC(COc1cccc(-c2nn(C)c3ncnc(N)c23)c1)Cn1nc(-c2ccc(OC(C)C)c(Cl)c2)c2c(N)ncnc21. The second-order valence-electron chi connectivity index (χ2n) is 10.7. The summed E-state index contributed by atoms with van der Waals surface area (Å²) in [6, 6.07) is 13.3. The van der Waals surface area contributed by atoms with Crippen molar-refractivity contribution in [1.29, 1.82) is 0 Å². The third-order valence-corrected chi connectivity index (χ3v) is 7.20. The van der Waals surface area contributed by atoms with Crippen molar-refractivity contribution in [3.05, 3.63) is 60.1 Å². The van der Waals surface area contributed by atoms with Crippen LogP contribution in [0.5, 0.6) is 11.5 Å². The van der Waals surface area contributed by atoms with Crippen LogP contribution in [0.3, 0.4) is 0 Å². The lowest BCUT2D eigenvalue weighted by Gasteiger charge is -2.14. The number of hydrogen-bond donors (Lipinski definition) is 2. The Morgan fingerprint density at radius 2 is 1.51 bits per heavy atom. The number of hydrogen-bond acceptors (Lipinski definition) is 10. The van der Waals surface area contributed by atoms with E-state index in [0.29, 0.717) is 74.8 Å². The molecule has 12 nitrogen and oxygen atoms in total. The van der Waals surface area contributed by atoms with Gasteiger partial charge in [-0.05, 0) is 44.2 Å². The predicted octanol–water partition coefficient (Wildman–Crippen LogP) is 5.16. The van der Waals surface area contributed by atoms with E-state index in [1.54, 1.807) is 4.68 Å². The number of rotatable bonds is 9. The molecular formula is C30H31ClN10O2. The minimum atomic E-state index is 0.00176. The van der Waals surface area contributed by atoms with Crippen LogP contribution >= 0.6 is 11.6 Å². The molecule has 0 saturated carbocycles. The Kier molecular flexibility index (Phi) is 7.45. The molecule has 6 rings (SSSR count). The quantitative estimate of drug-likeness (QED) is 0.228. The number of ether oxygens (including phenoxy) is 2. The van der Waals surface area contributed by atoms with E-state index in [2.05, 4.69) is 32.0 Å². The van der Waals surface area contributed by atoms with Crippen molar-refractivity contribution in [3.8, 4) is 34.0 Å². The van der Waals surface area contributed by atoms with Crippen molar-refractivity contribution in [1.82, 2.24) is 39.5 Å². The molecule has 4 heterocycles. The van der Waals surface area contributed by atoms with Crippen molar-refractivity contribution >= 4 is 45.3 Å². The smallest absolute Gasteiger partial charge is 0.163 e. The Bertz CT molecular complexity index is 1950. The fourth-order valence-corrected chi connectivity index (χ4v) is 5.21. The summed E-state index contributed by atoms with van der Waals surface area (Å²) < 4.78 is 15.5. The van der Waals surface area contributed by atoms with Gasteiger partial charge in [0.05, 0.1) is 28.5 Å². The van der Waals surface area contributed by atoms with Gasteiger partial charge in [-0.15, -0.1) is 0 Å². The van der Waals surface area contributed by atoms with Crippen LogP contribution in [-0.4, -0.2) is 52.2 Å². The molecule has 1 unspecified atom stereocenters. The van der Waals surface area contributed by atoms with Crippen LogP contribution in [0.4, 0.5) is 11.6 Å². The second-order valence-corrected chi connectivity index (χ2v) is 11.1. The molecule has 2 aromatic carbocycles. The molecule has 0 aliphatic heterocycles. The number of aryl methyl sites for hydroxylation is 1. The van der Waals surface area contributed by atoms with E-state index in [1.807, 2.05) is 68.0 Å². The van der Waals surface area contributed by atoms with Gasteiger partial charge in [-0.2, -0.15) is 10.2 Å². The van der Waals surface area contributed by atoms with E-state index in [-0.39, 0.29) is 12.0 Å². The molecule has 0 radical (unpaired) electrons. The van der Waals surface area contributed by atoms with E-state index in [0.717, 1.165) is 11.1 Å². The highest BCUT2D eigenvalue weighted by Gasteiger charge is 2.20. The number of nitrogen functional groups attached to an aromatic ring is 2. The van der Waals surface area contributed by atoms with E-state index in [1.165, 1.54) is 12.7 Å². The Hall–Kier alpha value is -4.97. The molecular weight excluding hydrogens is 568 g/mol. The van der Waals surface area contributed by atoms with Crippen LogP contribution in [0.25, 0.3) is 44.6 Å². The number of halogens is 1. The number of nitrogens with zero attached hydrogens (tertiary/aromatic N) is 8. The van der Waals surface area contributed by atoms with Gasteiger partial charge in [0, 0.05) is 30.6 Å². The largest absolute Gasteiger partial charge is 0.493 e. The minimum absolute atomic E-state index is 0.00176. The van der Waals surface area contributed by atoms with Gasteiger partial charge in [0.1, 0.15) is 47.2 Å². The molecule has 0 amide bonds. The fourth-order valence-electron chi connectivity index (χ4n) is 4.99. The number of anilines is 2. The maximum atomic E-state index is 6.54. The van der Waals surface area contributed by atoms with Gasteiger partial charge in [-0.25, -0.2) is 29.3 Å². The summed E-state index contributed by atoms with van der Waals surface area (Å²) in [5, 5.41) is 11.4. The van der Waals surface area contributed by atoms with Crippen molar-refractivity contribution < 1.29 is 9.47 Å². The highest BCUT2D eigenvalue weighted by molar-refractivity contribution is 6.32. The molecule has 0 saturated heterocycles. The monoisotopic (exact) mass is 598 g/mol. The first kappa shape index (κ1) is 28.2. The van der Waals surface area contributed by atoms with E-state index >= 15 is 0 Å². The van der Waals surface area contributed by atoms with Crippen LogP contribution in [0.15, 0.2) is 55.1 Å². The van der Waals surface area contributed by atoms with Crippen LogP contribution < -0.4 is 20.9 Å². The molecule has 220 valence electrons. The molecule has 13 heteroatoms. The van der Waals surface area contributed by atoms with Gasteiger partial charge >= 0.3 is 0 Å². The van der Waals surface area contributed by atoms with Crippen molar-refractivity contribution in [2.45, 2.75) is 33.4 Å². The molecule has 0 fully saturated rings. The van der Waals surface area contributed by atoms with Crippen molar-refractivity contribution in [2.24, 2.45) is 13.0 Å². The molecule has 0 spiro atoms. The first-order valence-corrected chi connectivity index (χ1v) is 14.2. The lowest BCUT2D eigenvalue weighted by atomic mass is 10.1. The first-order valence-electron chi connectivity index (χ1n) is 13.8. The van der Waals surface area contributed by atoms with Gasteiger partial charge in [0.2, 0.25) is 0 Å². The van der Waals surface area contributed by atoms with Gasteiger partial charge < -0.3 is 20.9 Å². The number of aromatic nitrogens is 8. The number of benzene rings is 2. The zero-order valence-electron chi connectivity index (χ0n) is 24.2. The summed E-state index contributed by atoms with van der Waals surface area (Å²) in [7, 11) is 1.83. The topological polar surface area (TPSA) is 158 Å². The van der Waals surface area contributed by atoms with E-state index < -0.39 is 0 Å². The highest BCUT2D eigenvalue weighted by Crippen LogP contribution is 2.36. The maximum Gasteiger partial charge on any atom is 0.163 e. The lowest BCUT2D eigenvalue weighted by molar-refractivity contribution is 0.241. The van der Waals surface area contributed by atoms with Gasteiger partial charge in [-0.3, -0.25) is 0 Å². The minimum Gasteiger partial charge on any atom is -0.493 e. The second kappa shape index (κ2) is 11.4. The first-order chi connectivity index (χ1) is 20.7. The van der Waals surface area contributed by atoms with Gasteiger partial charge in [0.25, 0.3) is 0 Å². The summed E-state index contributed by atoms with van der Waals surface area (Å²) >= 11 is 6.54. The summed E-state index contributed by atoms with van der Waals surface area (Å²) in [5.41, 5.74) is 16.8. The van der Waals surface area contributed by atoms with Crippen LogP contribution in [0.1, 0.15) is 20.8 Å². The third-order valence-electron chi connectivity index (χ3n) is 6.90. The lowest BCUT2D eigenvalue weighted by Crippen LogP contribution is -2.16. The zero-order valence-corrected chi connectivity index (χ0v) is 24.9. The summed E-state index contributed by atoms with van der Waals surface area (Å²) in [4.78, 5) is 17.2. The number of fused-ring (bicyclic) bond motifs is 2. The molecule has 0 aliphatic rings. The summed E-state index contributed by atoms with van der Waals surface area (Å²) in [6.45, 7) is 6.95. The van der Waals surface area contributed by atoms with Crippen LogP contribution in [0.2, 0.25) is 5.02 Å². The molecule has 1 atom stereocenters. The zero-order chi connectivity index (χ0) is 30.2. The third kappa shape index (κ3) is 5.48. The average Bonchev–Trinajstić information content (AvgIpc) is 3.52. The summed E-state index contributed by atoms with van der Waals surface area (Å²) in [5.74, 6) is 2.11. The average molecular weight is 599 g/mol. The normalized spacial score (nSPS) is 12.3. The van der Waals surface area contributed by atoms with Crippen LogP contribution in [0, 0.1) is 5.92 Å². The molecule has 4 aromatic heterocycles. The van der Waals surface area contributed by atoms with E-state index in [9.17, 15) is 0 Å². The Balaban J connectivity index is 1.23. The van der Waals surface area contributed by atoms with E-state index in [4.69, 9.17) is 37.6 Å². The summed E-state index contributed by atoms with van der Waals surface area (Å²) in [6.07, 6.45) is 2.88. The van der Waals surface area contributed by atoms with Crippen LogP contribution in [-0.2, 0) is 13.6 Å². The van der Waals surface area contributed by atoms with Gasteiger partial charge in [-0.1, -0.05) is 30.7 Å². The fraction of sp³-hybridized carbons (Fsp3) is 0.267. The standard InChI is InChI=1S/C30H31ClN10O2/c1-16(2)43-22-9-8-19(11-21(22)31)26-24-28(33)35-15-37-30(24)41(39-26)12-17(3)13-42-20-7-5-6-18(10-20)25-23-27(32)34-14-36-29(23)40(4)38-25/h5-11,14-17H,12-13H2,1-4H3,(H2,32,34,36)(H2,33,35,37). The molecule has 6 aromatic rings. The molecule has 43 heavy (non-hydrogen) atoms. The molecule has 0 bridgehead atoms. The molecule has 4 N–H and O–H groups in total. The predicted molar refractivity (Wildman–Crippen MR) is 167 cm³/mol. The number of nitrogens with two attached hydrogens (primary N) is 2. The molecule has 0 aliphatic carbocycles. The van der Waals surface area contributed by atoms with Crippen molar-refractivity contribution in [3.63, 3.8) is 0 Å². The van der Waals surface area contributed by atoms with Gasteiger partial charge in [0.15, 0.2) is 11.3 Å². The maximum absolute atomic E-state index is 6.54.